The fourth-order valence-corrected chi connectivity index (χ4v) is 1.75. The third-order valence-corrected chi connectivity index (χ3v) is 2.86. The molecule has 0 aliphatic heterocycles. The van der Waals surface area contributed by atoms with Gasteiger partial charge in [-0.3, -0.25) is 9.69 Å². The van der Waals surface area contributed by atoms with Gasteiger partial charge in [0.15, 0.2) is 0 Å². The van der Waals surface area contributed by atoms with E-state index in [0.29, 0.717) is 13.1 Å². The Morgan fingerprint density at radius 1 is 1.17 bits per heavy atom. The van der Waals surface area contributed by atoms with Gasteiger partial charge >= 0.3 is 0 Å². The molecule has 0 atom stereocenters. The Morgan fingerprint density at radius 3 is 2.22 bits per heavy atom. The summed E-state index contributed by atoms with van der Waals surface area (Å²) in [5.74, 6) is -0.167. The van der Waals surface area contributed by atoms with Gasteiger partial charge in [-0.25, -0.2) is 0 Å². The minimum absolute atomic E-state index is 0.0361. The van der Waals surface area contributed by atoms with Gasteiger partial charge in [-0.05, 0) is 24.3 Å². The minimum Gasteiger partial charge on any atom is -0.395 e. The molecule has 100 valence electrons. The highest BCUT2D eigenvalue weighted by atomic mass is 79.9. The molecule has 5 nitrogen and oxygen atoms in total. The van der Waals surface area contributed by atoms with Gasteiger partial charge in [-0.15, -0.1) is 0 Å². The zero-order valence-electron chi connectivity index (χ0n) is 9.97. The van der Waals surface area contributed by atoms with Crippen molar-refractivity contribution in [3.05, 3.63) is 28.7 Å². The van der Waals surface area contributed by atoms with E-state index in [0.717, 1.165) is 10.2 Å². The molecule has 0 aromatic heterocycles. The number of aliphatic hydroxyl groups excluding tert-OH is 2. The van der Waals surface area contributed by atoms with E-state index in [1.807, 2.05) is 12.1 Å². The summed E-state index contributed by atoms with van der Waals surface area (Å²) in [7, 11) is 0. The molecule has 0 radical (unpaired) electrons. The van der Waals surface area contributed by atoms with Gasteiger partial charge < -0.3 is 15.5 Å². The van der Waals surface area contributed by atoms with E-state index in [4.69, 9.17) is 10.2 Å². The number of nitrogens with zero attached hydrogens (tertiary/aromatic N) is 1. The number of benzene rings is 1. The molecule has 1 amide bonds. The molecule has 0 saturated heterocycles. The maximum absolute atomic E-state index is 11.7. The van der Waals surface area contributed by atoms with Gasteiger partial charge in [-0.1, -0.05) is 15.9 Å². The van der Waals surface area contributed by atoms with Crippen LogP contribution in [0.15, 0.2) is 28.7 Å². The molecular weight excluding hydrogens is 300 g/mol. The highest BCUT2D eigenvalue weighted by Crippen LogP contribution is 2.13. The van der Waals surface area contributed by atoms with Gasteiger partial charge in [0.25, 0.3) is 0 Å². The molecule has 0 heterocycles. The van der Waals surface area contributed by atoms with Crippen LogP contribution in [0.1, 0.15) is 0 Å². The summed E-state index contributed by atoms with van der Waals surface area (Å²) >= 11 is 3.32. The van der Waals surface area contributed by atoms with Crippen LogP contribution in [-0.4, -0.2) is 53.9 Å². The molecular formula is C12H17BrN2O3. The van der Waals surface area contributed by atoms with Gasteiger partial charge in [0.1, 0.15) is 0 Å². The number of halogens is 1. The van der Waals surface area contributed by atoms with Crippen molar-refractivity contribution in [1.29, 1.82) is 0 Å². The lowest BCUT2D eigenvalue weighted by Gasteiger charge is -2.19. The third-order valence-electron chi connectivity index (χ3n) is 2.33. The lowest BCUT2D eigenvalue weighted by molar-refractivity contribution is -0.117. The number of carbonyl (C=O) groups excluding carboxylic acids is 1. The molecule has 1 aromatic carbocycles. The number of hydrogen-bond acceptors (Lipinski definition) is 4. The second kappa shape index (κ2) is 8.20. The van der Waals surface area contributed by atoms with Crippen LogP contribution in [0, 0.1) is 0 Å². The van der Waals surface area contributed by atoms with Gasteiger partial charge in [0.05, 0.1) is 19.8 Å². The van der Waals surface area contributed by atoms with Crippen LogP contribution in [0.2, 0.25) is 0 Å². The van der Waals surface area contributed by atoms with Gasteiger partial charge in [0.2, 0.25) is 5.91 Å². The number of hydrogen-bond donors (Lipinski definition) is 3. The Hall–Kier alpha value is -0.950. The summed E-state index contributed by atoms with van der Waals surface area (Å²) in [6.45, 7) is 0.816. The van der Waals surface area contributed by atoms with Gasteiger partial charge in [-0.2, -0.15) is 0 Å². The van der Waals surface area contributed by atoms with Crippen molar-refractivity contribution in [1.82, 2.24) is 4.90 Å². The molecule has 0 aliphatic carbocycles. The summed E-state index contributed by atoms with van der Waals surface area (Å²) in [5.41, 5.74) is 0.719. The normalized spacial score (nSPS) is 10.7. The molecule has 0 unspecified atom stereocenters. The van der Waals surface area contributed by atoms with Crippen molar-refractivity contribution in [2.75, 3.05) is 38.2 Å². The average molecular weight is 317 g/mol. The first-order chi connectivity index (χ1) is 8.65. The maximum Gasteiger partial charge on any atom is 0.238 e. The Kier molecular flexibility index (Phi) is 6.89. The topological polar surface area (TPSA) is 72.8 Å². The second-order valence-corrected chi connectivity index (χ2v) is 4.69. The van der Waals surface area contributed by atoms with E-state index >= 15 is 0 Å². The molecule has 18 heavy (non-hydrogen) atoms. The summed E-state index contributed by atoms with van der Waals surface area (Å²) in [6, 6.07) is 7.28. The largest absolute Gasteiger partial charge is 0.395 e. The van der Waals surface area contributed by atoms with E-state index in [9.17, 15) is 4.79 Å². The first-order valence-electron chi connectivity index (χ1n) is 5.65. The zero-order chi connectivity index (χ0) is 13.4. The molecule has 0 fully saturated rings. The number of nitrogens with one attached hydrogen (secondary N) is 1. The number of carbonyl (C=O) groups is 1. The van der Waals surface area contributed by atoms with Crippen molar-refractivity contribution < 1.29 is 15.0 Å². The molecule has 1 aromatic rings. The fourth-order valence-electron chi connectivity index (χ4n) is 1.49. The molecule has 6 heteroatoms. The number of aliphatic hydroxyl groups is 2. The van der Waals surface area contributed by atoms with E-state index in [2.05, 4.69) is 21.2 Å². The summed E-state index contributed by atoms with van der Waals surface area (Å²) < 4.78 is 0.947. The van der Waals surface area contributed by atoms with Crippen molar-refractivity contribution in [3.63, 3.8) is 0 Å². The predicted octanol–water partition coefficient (Wildman–Crippen LogP) is 0.674. The van der Waals surface area contributed by atoms with Crippen LogP contribution in [0.25, 0.3) is 0 Å². The Labute approximate surface area is 115 Å². The highest BCUT2D eigenvalue weighted by molar-refractivity contribution is 9.10. The molecule has 0 saturated carbocycles. The van der Waals surface area contributed by atoms with Gasteiger partial charge in [0, 0.05) is 23.2 Å². The van der Waals surface area contributed by atoms with Crippen molar-refractivity contribution >= 4 is 27.5 Å². The Bertz CT molecular complexity index is 364. The highest BCUT2D eigenvalue weighted by Gasteiger charge is 2.09. The summed E-state index contributed by atoms with van der Waals surface area (Å²) in [4.78, 5) is 13.4. The number of anilines is 1. The van der Waals surface area contributed by atoms with Crippen LogP contribution in [0.5, 0.6) is 0 Å². The van der Waals surface area contributed by atoms with Crippen molar-refractivity contribution in [2.24, 2.45) is 0 Å². The zero-order valence-corrected chi connectivity index (χ0v) is 11.6. The fraction of sp³-hybridized carbons (Fsp3) is 0.417. The first kappa shape index (κ1) is 15.1. The van der Waals surface area contributed by atoms with Crippen LogP contribution >= 0.6 is 15.9 Å². The summed E-state index contributed by atoms with van der Waals surface area (Å²) in [6.07, 6.45) is 0. The Balaban J connectivity index is 2.46. The van der Waals surface area contributed by atoms with E-state index in [1.54, 1.807) is 17.0 Å². The number of rotatable bonds is 7. The lowest BCUT2D eigenvalue weighted by Crippen LogP contribution is -2.37. The average Bonchev–Trinajstić information content (AvgIpc) is 2.33. The standard InChI is InChI=1S/C12H17BrN2O3/c13-10-1-3-11(4-2-10)14-12(18)9-15(5-7-16)6-8-17/h1-4,16-17H,5-9H2,(H,14,18). The molecule has 0 aliphatic rings. The quantitative estimate of drug-likeness (QED) is 0.691. The van der Waals surface area contributed by atoms with Crippen LogP contribution in [0.3, 0.4) is 0 Å². The second-order valence-electron chi connectivity index (χ2n) is 3.78. The van der Waals surface area contributed by atoms with E-state index in [1.165, 1.54) is 0 Å². The van der Waals surface area contributed by atoms with Crippen LogP contribution in [0.4, 0.5) is 5.69 Å². The Morgan fingerprint density at radius 2 is 1.72 bits per heavy atom. The third kappa shape index (κ3) is 5.59. The lowest BCUT2D eigenvalue weighted by atomic mass is 10.3. The molecule has 1 rings (SSSR count). The van der Waals surface area contributed by atoms with Crippen LogP contribution in [-0.2, 0) is 4.79 Å². The minimum atomic E-state index is -0.167. The molecule has 0 bridgehead atoms. The van der Waals surface area contributed by atoms with E-state index in [-0.39, 0.29) is 25.7 Å². The molecule has 3 N–H and O–H groups in total. The smallest absolute Gasteiger partial charge is 0.238 e. The van der Waals surface area contributed by atoms with E-state index < -0.39 is 0 Å². The number of amides is 1. The maximum atomic E-state index is 11.7. The first-order valence-corrected chi connectivity index (χ1v) is 6.44. The SMILES string of the molecule is O=C(CN(CCO)CCO)Nc1ccc(Br)cc1. The monoisotopic (exact) mass is 316 g/mol. The molecule has 0 spiro atoms. The van der Waals surface area contributed by atoms with Crippen molar-refractivity contribution in [2.45, 2.75) is 0 Å². The summed E-state index contributed by atoms with van der Waals surface area (Å²) in [5, 5.41) is 20.4. The van der Waals surface area contributed by atoms with Crippen LogP contribution < -0.4 is 5.32 Å². The van der Waals surface area contributed by atoms with Crippen molar-refractivity contribution in [3.8, 4) is 0 Å². The predicted molar refractivity (Wildman–Crippen MR) is 73.4 cm³/mol.